The topological polar surface area (TPSA) is 20.3 Å². The van der Waals surface area contributed by atoms with E-state index in [2.05, 4.69) is 11.8 Å². The molecular formula is C17H25NO. The molecule has 0 saturated carbocycles. The Morgan fingerprint density at radius 1 is 1.26 bits per heavy atom. The molecule has 1 aromatic carbocycles. The number of rotatable bonds is 8. The van der Waals surface area contributed by atoms with Crippen molar-refractivity contribution < 1.29 is 4.79 Å². The number of allylic oxidation sites excluding steroid dienone is 1. The molecule has 0 N–H and O–H groups in total. The summed E-state index contributed by atoms with van der Waals surface area (Å²) in [7, 11) is 4.04. The van der Waals surface area contributed by atoms with Gasteiger partial charge in [0.25, 0.3) is 0 Å². The number of ketones is 1. The Hall–Kier alpha value is -1.41. The summed E-state index contributed by atoms with van der Waals surface area (Å²) in [6.45, 7) is 3.00. The van der Waals surface area contributed by atoms with E-state index in [1.165, 1.54) is 0 Å². The predicted molar refractivity (Wildman–Crippen MR) is 82.1 cm³/mol. The van der Waals surface area contributed by atoms with Crippen molar-refractivity contribution in [3.63, 3.8) is 0 Å². The second-order valence-corrected chi connectivity index (χ2v) is 5.25. The largest absolute Gasteiger partial charge is 0.309 e. The van der Waals surface area contributed by atoms with Crippen molar-refractivity contribution >= 4 is 11.9 Å². The smallest absolute Gasteiger partial charge is 0.160 e. The van der Waals surface area contributed by atoms with Crippen molar-refractivity contribution in [3.8, 4) is 0 Å². The molecular weight excluding hydrogens is 234 g/mol. The second kappa shape index (κ2) is 8.65. The lowest BCUT2D eigenvalue weighted by atomic mass is 9.96. The van der Waals surface area contributed by atoms with Crippen molar-refractivity contribution in [1.82, 2.24) is 4.90 Å². The molecule has 0 radical (unpaired) electrons. The van der Waals surface area contributed by atoms with Gasteiger partial charge in [-0.1, -0.05) is 56.2 Å². The third-order valence-corrected chi connectivity index (χ3v) is 3.13. The minimum Gasteiger partial charge on any atom is -0.309 e. The zero-order chi connectivity index (χ0) is 14.1. The average molecular weight is 259 g/mol. The molecule has 0 spiro atoms. The van der Waals surface area contributed by atoms with E-state index in [1.54, 1.807) is 6.08 Å². The van der Waals surface area contributed by atoms with Gasteiger partial charge in [-0.3, -0.25) is 4.79 Å². The summed E-state index contributed by atoms with van der Waals surface area (Å²) in [5.74, 6) is 0.362. The Morgan fingerprint density at radius 3 is 2.53 bits per heavy atom. The minimum absolute atomic E-state index is 0.120. The van der Waals surface area contributed by atoms with Crippen LogP contribution in [0, 0.1) is 5.92 Å². The Kier molecular flexibility index (Phi) is 7.12. The quantitative estimate of drug-likeness (QED) is 0.664. The molecule has 0 aliphatic rings. The maximum Gasteiger partial charge on any atom is 0.160 e. The van der Waals surface area contributed by atoms with Gasteiger partial charge in [-0.25, -0.2) is 0 Å². The van der Waals surface area contributed by atoms with E-state index in [-0.39, 0.29) is 11.7 Å². The first kappa shape index (κ1) is 15.6. The van der Waals surface area contributed by atoms with Gasteiger partial charge < -0.3 is 4.90 Å². The zero-order valence-corrected chi connectivity index (χ0v) is 12.3. The van der Waals surface area contributed by atoms with Crippen molar-refractivity contribution in [2.24, 2.45) is 5.92 Å². The van der Waals surface area contributed by atoms with Gasteiger partial charge in [0, 0.05) is 12.5 Å². The molecule has 1 rings (SSSR count). The van der Waals surface area contributed by atoms with Crippen LogP contribution in [0.15, 0.2) is 36.4 Å². The van der Waals surface area contributed by atoms with E-state index in [9.17, 15) is 4.79 Å². The van der Waals surface area contributed by atoms with Crippen LogP contribution >= 0.6 is 0 Å². The van der Waals surface area contributed by atoms with Crippen molar-refractivity contribution in [3.05, 3.63) is 42.0 Å². The lowest BCUT2D eigenvalue weighted by Gasteiger charge is -2.18. The van der Waals surface area contributed by atoms with Gasteiger partial charge in [0.1, 0.15) is 0 Å². The molecule has 0 aliphatic carbocycles. The molecule has 0 amide bonds. The van der Waals surface area contributed by atoms with Gasteiger partial charge in [0.2, 0.25) is 0 Å². The molecule has 19 heavy (non-hydrogen) atoms. The van der Waals surface area contributed by atoms with Crippen LogP contribution in [0.3, 0.4) is 0 Å². The van der Waals surface area contributed by atoms with Gasteiger partial charge in [0.15, 0.2) is 5.78 Å². The van der Waals surface area contributed by atoms with E-state index in [4.69, 9.17) is 0 Å². The molecule has 0 aromatic heterocycles. The third kappa shape index (κ3) is 6.35. The fraction of sp³-hybridized carbons (Fsp3) is 0.471. The van der Waals surface area contributed by atoms with Crippen LogP contribution in [0.5, 0.6) is 0 Å². The number of carbonyl (C=O) groups is 1. The molecule has 2 nitrogen and oxygen atoms in total. The summed E-state index contributed by atoms with van der Waals surface area (Å²) in [6.07, 6.45) is 6.88. The predicted octanol–water partition coefficient (Wildman–Crippen LogP) is 3.64. The molecule has 0 heterocycles. The number of unbranched alkanes of at least 4 members (excludes halogenated alkanes) is 1. The fourth-order valence-electron chi connectivity index (χ4n) is 2.09. The van der Waals surface area contributed by atoms with E-state index in [1.807, 2.05) is 50.5 Å². The van der Waals surface area contributed by atoms with Crippen LogP contribution in [-0.2, 0) is 4.79 Å². The second-order valence-electron chi connectivity index (χ2n) is 5.25. The van der Waals surface area contributed by atoms with E-state index in [0.29, 0.717) is 0 Å². The standard InChI is InChI=1S/C17H25NO/c1-4-5-11-16(14-18(2)3)17(19)13-12-15-9-7-6-8-10-15/h6-10,12-13,16H,4-5,11,14H2,1-3H3/b13-12-/t16-/m0/s1. The van der Waals surface area contributed by atoms with Crippen molar-refractivity contribution in [2.75, 3.05) is 20.6 Å². The van der Waals surface area contributed by atoms with Crippen LogP contribution in [0.1, 0.15) is 31.7 Å². The highest BCUT2D eigenvalue weighted by Crippen LogP contribution is 2.13. The summed E-state index contributed by atoms with van der Waals surface area (Å²) in [6, 6.07) is 9.97. The first-order chi connectivity index (χ1) is 9.13. The number of benzene rings is 1. The first-order valence-electron chi connectivity index (χ1n) is 7.05. The van der Waals surface area contributed by atoms with Crippen molar-refractivity contribution in [1.29, 1.82) is 0 Å². The highest BCUT2D eigenvalue weighted by Gasteiger charge is 2.16. The zero-order valence-electron chi connectivity index (χ0n) is 12.3. The molecule has 0 unspecified atom stereocenters. The molecule has 2 heteroatoms. The number of carbonyl (C=O) groups excluding carboxylic acids is 1. The van der Waals surface area contributed by atoms with Crippen LogP contribution in [0.2, 0.25) is 0 Å². The van der Waals surface area contributed by atoms with Crippen molar-refractivity contribution in [2.45, 2.75) is 26.2 Å². The monoisotopic (exact) mass is 259 g/mol. The van der Waals surface area contributed by atoms with E-state index < -0.39 is 0 Å². The first-order valence-corrected chi connectivity index (χ1v) is 7.05. The molecule has 0 aliphatic heterocycles. The van der Waals surface area contributed by atoms with Crippen LogP contribution in [0.25, 0.3) is 6.08 Å². The summed E-state index contributed by atoms with van der Waals surface area (Å²) in [5, 5.41) is 0. The maximum atomic E-state index is 12.2. The van der Waals surface area contributed by atoms with Gasteiger partial charge in [-0.05, 0) is 32.2 Å². The van der Waals surface area contributed by atoms with E-state index >= 15 is 0 Å². The lowest BCUT2D eigenvalue weighted by molar-refractivity contribution is -0.118. The normalized spacial score (nSPS) is 13.1. The minimum atomic E-state index is 0.120. The summed E-state index contributed by atoms with van der Waals surface area (Å²) >= 11 is 0. The van der Waals surface area contributed by atoms with Gasteiger partial charge in [0.05, 0.1) is 0 Å². The summed E-state index contributed by atoms with van der Waals surface area (Å²) in [5.41, 5.74) is 1.08. The molecule has 0 saturated heterocycles. The lowest BCUT2D eigenvalue weighted by Crippen LogP contribution is -2.27. The molecule has 0 bridgehead atoms. The molecule has 104 valence electrons. The number of nitrogens with zero attached hydrogens (tertiary/aromatic N) is 1. The molecule has 0 fully saturated rings. The summed E-state index contributed by atoms with van der Waals surface area (Å²) < 4.78 is 0. The van der Waals surface area contributed by atoms with Gasteiger partial charge in [-0.15, -0.1) is 0 Å². The number of hydrogen-bond acceptors (Lipinski definition) is 2. The molecule has 1 aromatic rings. The Labute approximate surface area is 117 Å². The fourth-order valence-corrected chi connectivity index (χ4v) is 2.09. The highest BCUT2D eigenvalue weighted by molar-refractivity contribution is 5.95. The van der Waals surface area contributed by atoms with Gasteiger partial charge in [-0.2, -0.15) is 0 Å². The van der Waals surface area contributed by atoms with E-state index in [0.717, 1.165) is 31.4 Å². The van der Waals surface area contributed by atoms with Crippen LogP contribution in [0.4, 0.5) is 0 Å². The van der Waals surface area contributed by atoms with Gasteiger partial charge >= 0.3 is 0 Å². The highest BCUT2D eigenvalue weighted by atomic mass is 16.1. The maximum absolute atomic E-state index is 12.2. The van der Waals surface area contributed by atoms with Crippen LogP contribution in [-0.4, -0.2) is 31.3 Å². The number of hydrogen-bond donors (Lipinski definition) is 0. The summed E-state index contributed by atoms with van der Waals surface area (Å²) in [4.78, 5) is 14.3. The Balaban J connectivity index is 2.62. The Bertz CT molecular complexity index is 395. The third-order valence-electron chi connectivity index (χ3n) is 3.13. The SMILES string of the molecule is CCCC[C@@H](CN(C)C)C(=O)/C=C\c1ccccc1. The molecule has 1 atom stereocenters. The average Bonchev–Trinajstić information content (AvgIpc) is 2.41. The Morgan fingerprint density at radius 2 is 1.95 bits per heavy atom. The van der Waals surface area contributed by atoms with Crippen LogP contribution < -0.4 is 0 Å².